The van der Waals surface area contributed by atoms with Gasteiger partial charge in [-0.1, -0.05) is 73.6 Å². The monoisotopic (exact) mass is 402 g/mol. The Morgan fingerprint density at radius 1 is 1.07 bits per heavy atom. The predicted molar refractivity (Wildman–Crippen MR) is 113 cm³/mol. The van der Waals surface area contributed by atoms with Crippen LogP contribution < -0.4 is 4.90 Å². The van der Waals surface area contributed by atoms with Crippen LogP contribution in [0.1, 0.15) is 48.3 Å². The van der Waals surface area contributed by atoms with Gasteiger partial charge in [0.2, 0.25) is 0 Å². The van der Waals surface area contributed by atoms with E-state index in [0.717, 1.165) is 5.56 Å². The van der Waals surface area contributed by atoms with E-state index in [1.165, 1.54) is 4.90 Å². The van der Waals surface area contributed by atoms with E-state index in [1.54, 1.807) is 37.3 Å². The lowest BCUT2D eigenvalue weighted by Gasteiger charge is -2.23. The maximum atomic E-state index is 13.0. The van der Waals surface area contributed by atoms with E-state index in [4.69, 9.17) is 4.52 Å². The minimum absolute atomic E-state index is 0.0316. The van der Waals surface area contributed by atoms with Gasteiger partial charge in [-0.25, -0.2) is 0 Å². The number of aryl methyl sites for hydroxylation is 1. The average molecular weight is 402 g/mol. The van der Waals surface area contributed by atoms with Crippen molar-refractivity contribution < 1.29 is 19.2 Å². The maximum absolute atomic E-state index is 13.0. The van der Waals surface area contributed by atoms with Crippen LogP contribution in [-0.2, 0) is 9.59 Å². The lowest BCUT2D eigenvalue weighted by molar-refractivity contribution is -0.132. The molecule has 6 nitrogen and oxygen atoms in total. The summed E-state index contributed by atoms with van der Waals surface area (Å²) in [7, 11) is 0. The van der Waals surface area contributed by atoms with Crippen LogP contribution in [0.15, 0.2) is 70.8 Å². The Hall–Kier alpha value is -3.67. The average Bonchev–Trinajstić information content (AvgIpc) is 3.29. The van der Waals surface area contributed by atoms with Crippen molar-refractivity contribution >= 4 is 23.3 Å². The van der Waals surface area contributed by atoms with Crippen molar-refractivity contribution in [2.24, 2.45) is 0 Å². The number of anilines is 1. The molecule has 1 amide bonds. The number of hydrogen-bond donors (Lipinski definition) is 1. The first-order valence-corrected chi connectivity index (χ1v) is 9.78. The zero-order valence-electron chi connectivity index (χ0n) is 17.0. The Balaban J connectivity index is 1.91. The van der Waals surface area contributed by atoms with E-state index in [2.05, 4.69) is 19.0 Å². The Morgan fingerprint density at radius 3 is 2.30 bits per heavy atom. The molecule has 0 radical (unpaired) electrons. The molecule has 152 valence electrons. The number of Topliss-reactive ketones (excluding diaryl/α,β-unsaturated/α-hetero) is 1. The largest absolute Gasteiger partial charge is 0.507 e. The molecule has 2 heterocycles. The van der Waals surface area contributed by atoms with Gasteiger partial charge in [-0.15, -0.1) is 0 Å². The van der Waals surface area contributed by atoms with E-state index in [1.807, 2.05) is 30.3 Å². The van der Waals surface area contributed by atoms with Crippen molar-refractivity contribution in [1.82, 2.24) is 5.16 Å². The van der Waals surface area contributed by atoms with Crippen LogP contribution in [0.5, 0.6) is 0 Å². The first kappa shape index (κ1) is 19.6. The van der Waals surface area contributed by atoms with Gasteiger partial charge in [-0.3, -0.25) is 14.5 Å². The Morgan fingerprint density at radius 2 is 1.73 bits per heavy atom. The summed E-state index contributed by atoms with van der Waals surface area (Å²) in [6, 6.07) is 17.2. The zero-order chi connectivity index (χ0) is 21.4. The summed E-state index contributed by atoms with van der Waals surface area (Å²) in [5, 5.41) is 14.9. The second-order valence-electron chi connectivity index (χ2n) is 7.65. The smallest absolute Gasteiger partial charge is 0.301 e. The van der Waals surface area contributed by atoms with E-state index < -0.39 is 17.7 Å². The quantitative estimate of drug-likeness (QED) is 0.387. The number of aromatic nitrogens is 1. The van der Waals surface area contributed by atoms with E-state index in [0.29, 0.717) is 22.8 Å². The van der Waals surface area contributed by atoms with Gasteiger partial charge in [0.25, 0.3) is 5.78 Å². The van der Waals surface area contributed by atoms with Gasteiger partial charge in [0, 0.05) is 11.6 Å². The number of ketones is 1. The van der Waals surface area contributed by atoms with Crippen LogP contribution >= 0.6 is 0 Å². The highest BCUT2D eigenvalue weighted by Gasteiger charge is 2.48. The van der Waals surface area contributed by atoms with Crippen LogP contribution in [0.25, 0.3) is 5.76 Å². The molecule has 1 atom stereocenters. The second kappa shape index (κ2) is 7.63. The highest BCUT2D eigenvalue weighted by atomic mass is 16.5. The summed E-state index contributed by atoms with van der Waals surface area (Å²) in [5.41, 5.74) is 2.34. The fraction of sp³-hybridized carbons (Fsp3) is 0.208. The molecule has 0 bridgehead atoms. The van der Waals surface area contributed by atoms with Crippen molar-refractivity contribution in [3.05, 3.63) is 88.7 Å². The summed E-state index contributed by atoms with van der Waals surface area (Å²) >= 11 is 0. The van der Waals surface area contributed by atoms with E-state index in [-0.39, 0.29) is 17.2 Å². The summed E-state index contributed by atoms with van der Waals surface area (Å²) in [5.74, 6) is -0.625. The Labute approximate surface area is 174 Å². The van der Waals surface area contributed by atoms with Gasteiger partial charge >= 0.3 is 5.91 Å². The molecule has 0 unspecified atom stereocenters. The molecular formula is C24H22N2O4. The predicted octanol–water partition coefficient (Wildman–Crippen LogP) is 4.73. The first-order valence-electron chi connectivity index (χ1n) is 9.78. The lowest BCUT2D eigenvalue weighted by atomic mass is 9.93. The number of aliphatic hydroxyl groups is 1. The van der Waals surface area contributed by atoms with Crippen LogP contribution in [0.3, 0.4) is 0 Å². The molecule has 0 saturated carbocycles. The number of aliphatic hydroxyl groups excluding tert-OH is 1. The van der Waals surface area contributed by atoms with Crippen LogP contribution in [0, 0.1) is 6.92 Å². The molecule has 0 spiro atoms. The molecule has 4 rings (SSSR count). The molecule has 6 heteroatoms. The minimum Gasteiger partial charge on any atom is -0.507 e. The Bertz CT molecular complexity index is 1130. The number of amides is 1. The molecule has 1 aromatic heterocycles. The van der Waals surface area contributed by atoms with Gasteiger partial charge in [0.15, 0.2) is 5.82 Å². The van der Waals surface area contributed by atoms with Gasteiger partial charge in [0.05, 0.1) is 11.6 Å². The summed E-state index contributed by atoms with van der Waals surface area (Å²) < 4.78 is 5.14. The van der Waals surface area contributed by atoms with Crippen molar-refractivity contribution in [3.8, 4) is 0 Å². The SMILES string of the molecule is Cc1cc(N2C(=O)C(=O)C(=C(O)c3ccccc3)[C@@H]2c2ccc(C(C)C)cc2)no1. The topological polar surface area (TPSA) is 83.6 Å². The maximum Gasteiger partial charge on any atom is 0.301 e. The van der Waals surface area contributed by atoms with E-state index in [9.17, 15) is 14.7 Å². The zero-order valence-corrected chi connectivity index (χ0v) is 17.0. The molecule has 1 fully saturated rings. The summed E-state index contributed by atoms with van der Waals surface area (Å²) in [6.45, 7) is 5.90. The second-order valence-corrected chi connectivity index (χ2v) is 7.65. The molecule has 1 aliphatic rings. The van der Waals surface area contributed by atoms with Crippen LogP contribution in [0.4, 0.5) is 5.82 Å². The van der Waals surface area contributed by atoms with Crippen LogP contribution in [-0.4, -0.2) is 22.0 Å². The number of carbonyl (C=O) groups is 2. The number of carbonyl (C=O) groups excluding carboxylic acids is 2. The number of benzene rings is 2. The third kappa shape index (κ3) is 3.30. The third-order valence-corrected chi connectivity index (χ3v) is 5.27. The highest BCUT2D eigenvalue weighted by molar-refractivity contribution is 6.51. The normalized spacial score (nSPS) is 18.4. The highest BCUT2D eigenvalue weighted by Crippen LogP contribution is 2.42. The molecule has 30 heavy (non-hydrogen) atoms. The summed E-state index contributed by atoms with van der Waals surface area (Å²) in [4.78, 5) is 27.3. The molecule has 1 saturated heterocycles. The number of hydrogen-bond acceptors (Lipinski definition) is 5. The molecule has 2 aromatic carbocycles. The molecule has 3 aromatic rings. The van der Waals surface area contributed by atoms with Crippen molar-refractivity contribution in [2.45, 2.75) is 32.7 Å². The van der Waals surface area contributed by atoms with Gasteiger partial charge in [-0.05, 0) is 24.0 Å². The van der Waals surface area contributed by atoms with Crippen molar-refractivity contribution in [3.63, 3.8) is 0 Å². The van der Waals surface area contributed by atoms with Gasteiger partial charge in [0.1, 0.15) is 11.5 Å². The van der Waals surface area contributed by atoms with Crippen molar-refractivity contribution in [2.75, 3.05) is 4.90 Å². The van der Waals surface area contributed by atoms with Gasteiger partial charge < -0.3 is 9.63 Å². The first-order chi connectivity index (χ1) is 14.4. The Kier molecular flexibility index (Phi) is 4.99. The standard InChI is InChI=1S/C24H22N2O4/c1-14(2)16-9-11-17(12-10-16)21-20(22(27)18-7-5-4-6-8-18)23(28)24(29)26(21)19-13-15(3)30-25-19/h4-14,21,27H,1-3H3/t21-/m0/s1. The molecular weight excluding hydrogens is 380 g/mol. The third-order valence-electron chi connectivity index (χ3n) is 5.27. The molecule has 0 aliphatic carbocycles. The summed E-state index contributed by atoms with van der Waals surface area (Å²) in [6.07, 6.45) is 0. The lowest BCUT2D eigenvalue weighted by Crippen LogP contribution is -2.29. The number of nitrogens with zero attached hydrogens (tertiary/aromatic N) is 2. The van der Waals surface area contributed by atoms with Crippen molar-refractivity contribution in [1.29, 1.82) is 0 Å². The van der Waals surface area contributed by atoms with Gasteiger partial charge in [-0.2, -0.15) is 0 Å². The minimum atomic E-state index is -0.809. The molecule has 1 N–H and O–H groups in total. The molecule has 1 aliphatic heterocycles. The fourth-order valence-corrected chi connectivity index (χ4v) is 3.67. The van der Waals surface area contributed by atoms with Crippen LogP contribution in [0.2, 0.25) is 0 Å². The van der Waals surface area contributed by atoms with E-state index >= 15 is 0 Å². The fourth-order valence-electron chi connectivity index (χ4n) is 3.67. The number of rotatable bonds is 4.